The number of ether oxygens (including phenoxy) is 2. The molecule has 82 valence electrons. The van der Waals surface area contributed by atoms with Gasteiger partial charge in [0.25, 0.3) is 0 Å². The monoisotopic (exact) mass is 208 g/mol. The molecule has 0 spiro atoms. The summed E-state index contributed by atoms with van der Waals surface area (Å²) in [6.45, 7) is 1.24. The Morgan fingerprint density at radius 2 is 2.00 bits per heavy atom. The second-order valence-electron chi connectivity index (χ2n) is 3.89. The number of quaternary nitrogens is 1. The highest BCUT2D eigenvalue weighted by Gasteiger charge is 2.21. The van der Waals surface area contributed by atoms with E-state index in [0.29, 0.717) is 6.04 Å². The molecule has 0 radical (unpaired) electrons. The van der Waals surface area contributed by atoms with Crippen LogP contribution in [0, 0.1) is 0 Å². The number of benzene rings is 1. The fraction of sp³-hybridized carbons (Fsp3) is 0.500. The molecule has 0 amide bonds. The molecule has 3 nitrogen and oxygen atoms in total. The summed E-state index contributed by atoms with van der Waals surface area (Å²) in [4.78, 5) is 0. The zero-order valence-corrected chi connectivity index (χ0v) is 9.32. The third-order valence-corrected chi connectivity index (χ3v) is 3.01. The lowest BCUT2D eigenvalue weighted by atomic mass is 10.0. The molecule has 0 unspecified atom stereocenters. The van der Waals surface area contributed by atoms with Crippen LogP contribution in [0.2, 0.25) is 0 Å². The van der Waals surface area contributed by atoms with Gasteiger partial charge in [-0.05, 0) is 18.2 Å². The predicted octanol–water partition coefficient (Wildman–Crippen LogP) is 1.10. The molecule has 1 atom stereocenters. The van der Waals surface area contributed by atoms with Gasteiger partial charge in [-0.2, -0.15) is 0 Å². The average Bonchev–Trinajstić information content (AvgIpc) is 2.81. The lowest BCUT2D eigenvalue weighted by molar-refractivity contribution is -0.676. The Hall–Kier alpha value is -1.22. The zero-order valence-electron chi connectivity index (χ0n) is 9.32. The Labute approximate surface area is 90.4 Å². The number of hydrogen-bond donors (Lipinski definition) is 1. The molecular formula is C12H18NO2+. The van der Waals surface area contributed by atoms with Crippen LogP contribution in [0.15, 0.2) is 18.2 Å². The molecule has 1 aromatic carbocycles. The molecule has 2 N–H and O–H groups in total. The van der Waals surface area contributed by atoms with Crippen LogP contribution in [0.1, 0.15) is 24.4 Å². The summed E-state index contributed by atoms with van der Waals surface area (Å²) < 4.78 is 10.5. The van der Waals surface area contributed by atoms with E-state index in [1.807, 2.05) is 6.07 Å². The first kappa shape index (κ1) is 10.3. The third kappa shape index (κ3) is 2.07. The maximum atomic E-state index is 5.30. The maximum Gasteiger partial charge on any atom is 0.161 e. The van der Waals surface area contributed by atoms with Crippen LogP contribution < -0.4 is 14.8 Å². The SMILES string of the molecule is COc1ccc([C@H]2CCC[NH2+]2)cc1OC. The van der Waals surface area contributed by atoms with Crippen molar-refractivity contribution in [3.63, 3.8) is 0 Å². The zero-order chi connectivity index (χ0) is 10.7. The van der Waals surface area contributed by atoms with Crippen molar-refractivity contribution in [2.45, 2.75) is 18.9 Å². The first-order chi connectivity index (χ1) is 7.35. The van der Waals surface area contributed by atoms with Gasteiger partial charge in [0.15, 0.2) is 11.5 Å². The van der Waals surface area contributed by atoms with Crippen molar-refractivity contribution < 1.29 is 14.8 Å². The van der Waals surface area contributed by atoms with Gasteiger partial charge in [0.05, 0.1) is 20.8 Å². The Bertz CT molecular complexity index is 332. The second kappa shape index (κ2) is 4.53. The van der Waals surface area contributed by atoms with Crippen molar-refractivity contribution >= 4 is 0 Å². The van der Waals surface area contributed by atoms with Crippen molar-refractivity contribution in [1.29, 1.82) is 0 Å². The second-order valence-corrected chi connectivity index (χ2v) is 3.89. The molecule has 1 saturated heterocycles. The van der Waals surface area contributed by atoms with Crippen LogP contribution in [0.4, 0.5) is 0 Å². The van der Waals surface area contributed by atoms with Crippen LogP contribution in [0.25, 0.3) is 0 Å². The number of rotatable bonds is 3. The molecule has 1 aliphatic heterocycles. The molecular weight excluding hydrogens is 190 g/mol. The Kier molecular flexibility index (Phi) is 3.11. The van der Waals surface area contributed by atoms with Gasteiger partial charge >= 0.3 is 0 Å². The summed E-state index contributed by atoms with van der Waals surface area (Å²) >= 11 is 0. The quantitative estimate of drug-likeness (QED) is 0.807. The van der Waals surface area contributed by atoms with E-state index in [4.69, 9.17) is 9.47 Å². The summed E-state index contributed by atoms with van der Waals surface area (Å²) in [5, 5.41) is 2.39. The Balaban J connectivity index is 2.25. The molecule has 15 heavy (non-hydrogen) atoms. The van der Waals surface area contributed by atoms with E-state index < -0.39 is 0 Å². The average molecular weight is 208 g/mol. The molecule has 3 heteroatoms. The van der Waals surface area contributed by atoms with Crippen molar-refractivity contribution in [1.82, 2.24) is 0 Å². The van der Waals surface area contributed by atoms with E-state index in [2.05, 4.69) is 17.4 Å². The van der Waals surface area contributed by atoms with Gasteiger partial charge < -0.3 is 14.8 Å². The number of hydrogen-bond acceptors (Lipinski definition) is 2. The van der Waals surface area contributed by atoms with E-state index in [0.717, 1.165) is 11.5 Å². The highest BCUT2D eigenvalue weighted by atomic mass is 16.5. The summed E-state index contributed by atoms with van der Waals surface area (Å²) in [6.07, 6.45) is 2.56. The lowest BCUT2D eigenvalue weighted by Crippen LogP contribution is -2.81. The highest BCUT2D eigenvalue weighted by molar-refractivity contribution is 5.43. The van der Waals surface area contributed by atoms with Crippen molar-refractivity contribution in [3.8, 4) is 11.5 Å². The van der Waals surface area contributed by atoms with Crippen LogP contribution in [-0.2, 0) is 0 Å². The van der Waals surface area contributed by atoms with Crippen LogP contribution in [0.3, 0.4) is 0 Å². The molecule has 0 aromatic heterocycles. The van der Waals surface area contributed by atoms with E-state index >= 15 is 0 Å². The third-order valence-electron chi connectivity index (χ3n) is 3.01. The van der Waals surface area contributed by atoms with E-state index in [-0.39, 0.29) is 0 Å². The van der Waals surface area contributed by atoms with Crippen molar-refractivity contribution in [2.24, 2.45) is 0 Å². The fourth-order valence-corrected chi connectivity index (χ4v) is 2.16. The molecule has 1 fully saturated rings. The van der Waals surface area contributed by atoms with Gasteiger partial charge in [0.2, 0.25) is 0 Å². The van der Waals surface area contributed by atoms with Crippen molar-refractivity contribution in [3.05, 3.63) is 23.8 Å². The standard InChI is InChI=1S/C12H17NO2/c1-14-11-6-5-9(8-12(11)15-2)10-4-3-7-13-10/h5-6,8,10,13H,3-4,7H2,1-2H3/p+1/t10-/m1/s1. The van der Waals surface area contributed by atoms with Crippen LogP contribution in [0.5, 0.6) is 11.5 Å². The Morgan fingerprint density at radius 3 is 2.60 bits per heavy atom. The molecule has 1 aliphatic rings. The smallest absolute Gasteiger partial charge is 0.161 e. The first-order valence-corrected chi connectivity index (χ1v) is 5.40. The van der Waals surface area contributed by atoms with Crippen LogP contribution in [-0.4, -0.2) is 20.8 Å². The molecule has 1 aromatic rings. The topological polar surface area (TPSA) is 35.1 Å². The minimum atomic E-state index is 0.602. The van der Waals surface area contributed by atoms with Gasteiger partial charge in [-0.3, -0.25) is 0 Å². The highest BCUT2D eigenvalue weighted by Crippen LogP contribution is 2.30. The molecule has 1 heterocycles. The predicted molar refractivity (Wildman–Crippen MR) is 58.3 cm³/mol. The first-order valence-electron chi connectivity index (χ1n) is 5.40. The summed E-state index contributed by atoms with van der Waals surface area (Å²) in [7, 11) is 3.35. The van der Waals surface area contributed by atoms with Gasteiger partial charge in [0, 0.05) is 18.4 Å². The van der Waals surface area contributed by atoms with Crippen LogP contribution >= 0.6 is 0 Å². The largest absolute Gasteiger partial charge is 0.493 e. The molecule has 0 aliphatic carbocycles. The molecule has 2 rings (SSSR count). The summed E-state index contributed by atoms with van der Waals surface area (Å²) in [6, 6.07) is 6.81. The lowest BCUT2D eigenvalue weighted by Gasteiger charge is -2.12. The molecule has 0 bridgehead atoms. The number of methoxy groups -OCH3 is 2. The molecule has 0 saturated carbocycles. The van der Waals surface area contributed by atoms with E-state index in [1.54, 1.807) is 14.2 Å². The summed E-state index contributed by atoms with van der Waals surface area (Å²) in [5.41, 5.74) is 1.34. The minimum absolute atomic E-state index is 0.602. The number of nitrogens with two attached hydrogens (primary N) is 1. The normalized spacial score (nSPS) is 20.3. The van der Waals surface area contributed by atoms with Gasteiger partial charge in [-0.15, -0.1) is 0 Å². The van der Waals surface area contributed by atoms with Gasteiger partial charge in [-0.25, -0.2) is 0 Å². The van der Waals surface area contributed by atoms with Crippen molar-refractivity contribution in [2.75, 3.05) is 20.8 Å². The van der Waals surface area contributed by atoms with Gasteiger partial charge in [0.1, 0.15) is 6.04 Å². The minimum Gasteiger partial charge on any atom is -0.493 e. The fourth-order valence-electron chi connectivity index (χ4n) is 2.16. The summed E-state index contributed by atoms with van der Waals surface area (Å²) in [5.74, 6) is 1.63. The van der Waals surface area contributed by atoms with E-state index in [1.165, 1.54) is 24.9 Å². The van der Waals surface area contributed by atoms with E-state index in [9.17, 15) is 0 Å². The maximum absolute atomic E-state index is 5.30. The Morgan fingerprint density at radius 1 is 1.20 bits per heavy atom. The van der Waals surface area contributed by atoms with Gasteiger partial charge in [-0.1, -0.05) is 0 Å².